The summed E-state index contributed by atoms with van der Waals surface area (Å²) in [6.45, 7) is 0. The maximum atomic E-state index is 13.4. The highest BCUT2D eigenvalue weighted by atomic mass is 35.5. The van der Waals surface area contributed by atoms with E-state index in [0.29, 0.717) is 5.56 Å². The highest BCUT2D eigenvalue weighted by Crippen LogP contribution is 2.61. The molecule has 0 aliphatic carbocycles. The van der Waals surface area contributed by atoms with Crippen LogP contribution in [0, 0.1) is 0 Å². The van der Waals surface area contributed by atoms with Gasteiger partial charge in [-0.3, -0.25) is 10.1 Å². The molecule has 1 N–H and O–H groups in total. The first-order valence-electron chi connectivity index (χ1n) is 10.9. The van der Waals surface area contributed by atoms with Crippen molar-refractivity contribution in [3.8, 4) is 0 Å². The molecule has 4 rings (SSSR count). The number of benzene rings is 4. The van der Waals surface area contributed by atoms with Crippen molar-refractivity contribution in [3.63, 3.8) is 0 Å². The van der Waals surface area contributed by atoms with Gasteiger partial charge in [0.2, 0.25) is 0 Å². The third kappa shape index (κ3) is 5.22. The first-order chi connectivity index (χ1) is 16.1. The number of hydrogen-bond acceptors (Lipinski definition) is 2. The summed E-state index contributed by atoms with van der Waals surface area (Å²) in [5.74, 6) is -0.115. The van der Waals surface area contributed by atoms with E-state index >= 15 is 0 Å². The summed E-state index contributed by atoms with van der Waals surface area (Å²) in [5, 5.41) is 6.88. The van der Waals surface area contributed by atoms with Crippen molar-refractivity contribution in [1.29, 1.82) is 0 Å². The Morgan fingerprint density at radius 3 is 1.35 bits per heavy atom. The van der Waals surface area contributed by atoms with Gasteiger partial charge >= 0.3 is 0 Å². The van der Waals surface area contributed by atoms with Crippen molar-refractivity contribution in [2.45, 2.75) is 0 Å². The zero-order valence-corrected chi connectivity index (χ0v) is 21.0. The molecule has 3 nitrogen and oxygen atoms in total. The highest BCUT2D eigenvalue weighted by Gasteiger charge is 2.50. The van der Waals surface area contributed by atoms with E-state index in [2.05, 4.69) is 84.3 Å². The second kappa shape index (κ2) is 11.7. The molecule has 4 aromatic rings. The van der Waals surface area contributed by atoms with Crippen molar-refractivity contribution < 1.29 is 17.2 Å². The molecule has 0 unspecified atom stereocenters. The van der Waals surface area contributed by atoms with Gasteiger partial charge in [0.1, 0.15) is 15.9 Å². The zero-order chi connectivity index (χ0) is 23.1. The predicted octanol–water partition coefficient (Wildman–Crippen LogP) is 1.77. The number of halogens is 1. The maximum Gasteiger partial charge on any atom is 0.258 e. The first kappa shape index (κ1) is 25.2. The van der Waals surface area contributed by atoms with Crippen molar-refractivity contribution >= 4 is 29.1 Å². The molecule has 0 fully saturated rings. The van der Waals surface area contributed by atoms with Crippen LogP contribution in [0.2, 0.25) is 0 Å². The number of rotatable bonds is 7. The van der Waals surface area contributed by atoms with Gasteiger partial charge in [-0.15, -0.1) is 0 Å². The first-order valence-corrected chi connectivity index (χ1v) is 12.7. The molecule has 0 spiro atoms. The molecule has 172 valence electrons. The summed E-state index contributed by atoms with van der Waals surface area (Å²) in [5.41, 5.74) is 1.53. The van der Waals surface area contributed by atoms with Gasteiger partial charge in [0.15, 0.2) is 12.7 Å². The second-order valence-corrected chi connectivity index (χ2v) is 11.3. The van der Waals surface area contributed by atoms with Crippen LogP contribution in [-0.2, 0) is 0 Å². The third-order valence-electron chi connectivity index (χ3n) is 5.45. The minimum atomic E-state index is -2.40. The number of carbonyl (C=O) groups excluding carboxylic acids is 1. The summed E-state index contributed by atoms with van der Waals surface area (Å²) >= 11 is 0. The lowest BCUT2D eigenvalue weighted by Crippen LogP contribution is -3.00. The lowest BCUT2D eigenvalue weighted by atomic mass is 10.2. The van der Waals surface area contributed by atoms with Crippen LogP contribution in [0.15, 0.2) is 133 Å². The Labute approximate surface area is 208 Å². The number of amides is 1. The van der Waals surface area contributed by atoms with Crippen LogP contribution in [0.3, 0.4) is 0 Å². The van der Waals surface area contributed by atoms with Crippen LogP contribution in [0.5, 0.6) is 0 Å². The minimum Gasteiger partial charge on any atom is -1.00 e. The molecule has 5 heteroatoms. The molecule has 0 heterocycles. The van der Waals surface area contributed by atoms with E-state index in [0.717, 1.165) is 5.44 Å². The molecule has 0 aliphatic heterocycles. The molecule has 0 atom stereocenters. The van der Waals surface area contributed by atoms with E-state index in [1.165, 1.54) is 15.9 Å². The van der Waals surface area contributed by atoms with Crippen LogP contribution >= 0.6 is 7.26 Å². The lowest BCUT2D eigenvalue weighted by Gasteiger charge is -2.30. The Morgan fingerprint density at radius 1 is 0.647 bits per heavy atom. The van der Waals surface area contributed by atoms with Crippen molar-refractivity contribution in [3.05, 3.63) is 139 Å². The quantitative estimate of drug-likeness (QED) is 0.404. The zero-order valence-electron chi connectivity index (χ0n) is 19.3. The molecule has 0 saturated heterocycles. The van der Waals surface area contributed by atoms with Gasteiger partial charge in [-0.2, -0.15) is 0 Å². The number of nitrogens with one attached hydrogen (secondary N) is 1. The van der Waals surface area contributed by atoms with Crippen LogP contribution in [0.25, 0.3) is 0 Å². The summed E-state index contributed by atoms with van der Waals surface area (Å²) in [6.07, 6.45) is 2.06. The molecule has 0 saturated carbocycles. The fourth-order valence-electron chi connectivity index (χ4n) is 4.04. The molecule has 0 aromatic heterocycles. The minimum absolute atomic E-state index is 0. The Kier molecular flexibility index (Phi) is 8.65. The van der Waals surface area contributed by atoms with E-state index in [-0.39, 0.29) is 18.3 Å². The summed E-state index contributed by atoms with van der Waals surface area (Å²) in [4.78, 5) is 15.4. The third-order valence-corrected chi connectivity index (χ3v) is 9.62. The summed E-state index contributed by atoms with van der Waals surface area (Å²) < 4.78 is 0. The Bertz CT molecular complexity index is 1120. The molecule has 4 aromatic carbocycles. The highest BCUT2D eigenvalue weighted by molar-refractivity contribution is 7.99. The molecular formula is C29H28ClN2OP. The molecule has 0 aliphatic rings. The maximum absolute atomic E-state index is 13.4. The smallest absolute Gasteiger partial charge is 0.258 e. The van der Waals surface area contributed by atoms with E-state index in [1.54, 1.807) is 0 Å². The second-order valence-electron chi connectivity index (χ2n) is 7.98. The number of nitrogens with zero attached hydrogens (tertiary/aromatic N) is 1. The Balaban J connectivity index is 0.00000324. The number of carbonyl (C=O) groups is 1. The van der Waals surface area contributed by atoms with Crippen LogP contribution in [0.4, 0.5) is 0 Å². The van der Waals surface area contributed by atoms with Gasteiger partial charge in [0.25, 0.3) is 5.91 Å². The summed E-state index contributed by atoms with van der Waals surface area (Å²) in [6, 6.07) is 40.9. The van der Waals surface area contributed by atoms with Gasteiger partial charge < -0.3 is 17.3 Å². The molecule has 1 amide bonds. The Morgan fingerprint density at radius 2 is 1.00 bits per heavy atom. The standard InChI is InChI=1S/C29H27N2OP.ClH/c1-31(2)23-28(30-29(32)24-15-7-3-8-16-24)33(25-17-9-4-10-18-25,26-19-11-5-12-20-26)27-21-13-6-14-22-27;/h3-23H,1-2H3;1H/b28-23-;. The van der Waals surface area contributed by atoms with Crippen molar-refractivity contribution in [2.24, 2.45) is 0 Å². The predicted molar refractivity (Wildman–Crippen MR) is 141 cm³/mol. The molecule has 34 heavy (non-hydrogen) atoms. The molecular weight excluding hydrogens is 459 g/mol. The SMILES string of the molecule is CN(C)/C=C(/NC(=O)c1ccccc1)[P+](c1ccccc1)(c1ccccc1)c1ccccc1.[Cl-]. The van der Waals surface area contributed by atoms with Crippen molar-refractivity contribution in [1.82, 2.24) is 10.2 Å². The molecule has 0 radical (unpaired) electrons. The van der Waals surface area contributed by atoms with Gasteiger partial charge in [-0.05, 0) is 48.5 Å². The van der Waals surface area contributed by atoms with E-state index < -0.39 is 7.26 Å². The van der Waals surface area contributed by atoms with E-state index in [9.17, 15) is 4.79 Å². The Hall–Kier alpha value is -3.39. The van der Waals surface area contributed by atoms with Gasteiger partial charge in [0, 0.05) is 19.7 Å². The van der Waals surface area contributed by atoms with Gasteiger partial charge in [-0.1, -0.05) is 72.8 Å². The van der Waals surface area contributed by atoms with Crippen molar-refractivity contribution in [2.75, 3.05) is 14.1 Å². The molecule has 0 bridgehead atoms. The lowest BCUT2D eigenvalue weighted by molar-refractivity contribution is -0.0000148. The average Bonchev–Trinajstić information content (AvgIpc) is 2.87. The van der Waals surface area contributed by atoms with Crippen LogP contribution in [-0.4, -0.2) is 24.9 Å². The average molecular weight is 487 g/mol. The van der Waals surface area contributed by atoms with Crippen LogP contribution < -0.4 is 33.6 Å². The fraction of sp³-hybridized carbons (Fsp3) is 0.0690. The van der Waals surface area contributed by atoms with E-state index in [1.807, 2.05) is 67.5 Å². The summed E-state index contributed by atoms with van der Waals surface area (Å²) in [7, 11) is 1.58. The van der Waals surface area contributed by atoms with Crippen LogP contribution in [0.1, 0.15) is 10.4 Å². The topological polar surface area (TPSA) is 32.3 Å². The van der Waals surface area contributed by atoms with Gasteiger partial charge in [-0.25, -0.2) is 0 Å². The van der Waals surface area contributed by atoms with Gasteiger partial charge in [0.05, 0.1) is 6.20 Å². The fourth-order valence-corrected chi connectivity index (χ4v) is 8.30. The number of hydrogen-bond donors (Lipinski definition) is 1. The van der Waals surface area contributed by atoms with E-state index in [4.69, 9.17) is 0 Å². The normalized spacial score (nSPS) is 11.3. The monoisotopic (exact) mass is 486 g/mol. The largest absolute Gasteiger partial charge is 1.00 e.